The minimum absolute atomic E-state index is 0.00786. The molecule has 0 unspecified atom stereocenters. The second-order valence-corrected chi connectivity index (χ2v) is 3.67. The van der Waals surface area contributed by atoms with Gasteiger partial charge in [0.1, 0.15) is 0 Å². The molecule has 1 N–H and O–H groups in total. The van der Waals surface area contributed by atoms with E-state index >= 15 is 0 Å². The second-order valence-electron chi connectivity index (χ2n) is 3.67. The van der Waals surface area contributed by atoms with Gasteiger partial charge < -0.3 is 10.0 Å². The summed E-state index contributed by atoms with van der Waals surface area (Å²) in [6.45, 7) is 1.94. The molecule has 4 nitrogen and oxygen atoms in total. The van der Waals surface area contributed by atoms with Crippen molar-refractivity contribution in [2.45, 2.75) is 13.3 Å². The Hall–Kier alpha value is -1.84. The Morgan fingerprint density at radius 1 is 1.38 bits per heavy atom. The molecule has 4 heteroatoms. The summed E-state index contributed by atoms with van der Waals surface area (Å²) in [4.78, 5) is 23.4. The van der Waals surface area contributed by atoms with Gasteiger partial charge in [-0.15, -0.1) is 0 Å². The van der Waals surface area contributed by atoms with E-state index in [1.807, 2.05) is 18.0 Å². The molecule has 0 spiro atoms. The lowest BCUT2D eigenvalue weighted by Crippen LogP contribution is -2.21. The van der Waals surface area contributed by atoms with Crippen LogP contribution in [0.2, 0.25) is 0 Å². The number of aliphatic carboxylic acids is 1. The molecule has 0 bridgehead atoms. The summed E-state index contributed by atoms with van der Waals surface area (Å²) in [5.41, 5.74) is 1.49. The molecule has 0 aliphatic heterocycles. The topological polar surface area (TPSA) is 57.6 Å². The number of carboxylic acids is 1. The number of carboxylic acid groups (broad SMARTS) is 1. The fourth-order valence-electron chi connectivity index (χ4n) is 1.35. The van der Waals surface area contributed by atoms with Crippen LogP contribution in [-0.4, -0.2) is 30.5 Å². The van der Waals surface area contributed by atoms with E-state index in [1.165, 1.54) is 6.92 Å². The van der Waals surface area contributed by atoms with Crippen LogP contribution < -0.4 is 4.90 Å². The maximum absolute atomic E-state index is 11.2. The average molecular weight is 221 g/mol. The van der Waals surface area contributed by atoms with Crippen molar-refractivity contribution in [2.24, 2.45) is 0 Å². The van der Waals surface area contributed by atoms with Crippen LogP contribution in [0.15, 0.2) is 24.3 Å². The molecule has 1 aromatic carbocycles. The number of Topliss-reactive ketones (excluding diaryl/α,β-unsaturated/α-hetero) is 1. The molecule has 0 amide bonds. The Morgan fingerprint density at radius 2 is 2.06 bits per heavy atom. The van der Waals surface area contributed by atoms with Crippen molar-refractivity contribution in [3.05, 3.63) is 29.8 Å². The first-order chi connectivity index (χ1) is 7.50. The molecule has 1 rings (SSSR count). The van der Waals surface area contributed by atoms with Crippen LogP contribution in [-0.2, 0) is 4.79 Å². The number of carbonyl (C=O) groups excluding carboxylic acids is 1. The van der Waals surface area contributed by atoms with Gasteiger partial charge in [-0.25, -0.2) is 0 Å². The summed E-state index contributed by atoms with van der Waals surface area (Å²) >= 11 is 0. The van der Waals surface area contributed by atoms with Gasteiger partial charge in [0.2, 0.25) is 0 Å². The van der Waals surface area contributed by atoms with E-state index in [1.54, 1.807) is 18.2 Å². The number of rotatable bonds is 5. The van der Waals surface area contributed by atoms with Gasteiger partial charge in [0.05, 0.1) is 6.42 Å². The molecule has 0 saturated heterocycles. The number of ketones is 1. The van der Waals surface area contributed by atoms with Crippen LogP contribution in [0, 0.1) is 0 Å². The minimum atomic E-state index is -0.824. The van der Waals surface area contributed by atoms with Crippen molar-refractivity contribution in [3.63, 3.8) is 0 Å². The fourth-order valence-corrected chi connectivity index (χ4v) is 1.35. The standard InChI is InChI=1S/C12H15NO3/c1-9(14)10-4-3-5-11(8-10)13(2)7-6-12(15)16/h3-5,8H,6-7H2,1-2H3,(H,15,16). The third-order valence-electron chi connectivity index (χ3n) is 2.35. The summed E-state index contributed by atoms with van der Waals surface area (Å²) in [5.74, 6) is -0.817. The summed E-state index contributed by atoms with van der Waals surface area (Å²) in [6, 6.07) is 7.17. The first-order valence-electron chi connectivity index (χ1n) is 5.04. The number of hydrogen-bond acceptors (Lipinski definition) is 3. The smallest absolute Gasteiger partial charge is 0.305 e. The van der Waals surface area contributed by atoms with Crippen molar-refractivity contribution >= 4 is 17.4 Å². The SMILES string of the molecule is CC(=O)c1cccc(N(C)CCC(=O)O)c1. The molecular formula is C12H15NO3. The third-order valence-corrected chi connectivity index (χ3v) is 2.35. The normalized spacial score (nSPS) is 9.88. The molecule has 0 aliphatic carbocycles. The van der Waals surface area contributed by atoms with Gasteiger partial charge in [0, 0.05) is 24.8 Å². The number of hydrogen-bond donors (Lipinski definition) is 1. The Balaban J connectivity index is 2.75. The molecule has 16 heavy (non-hydrogen) atoms. The highest BCUT2D eigenvalue weighted by Gasteiger charge is 2.06. The highest BCUT2D eigenvalue weighted by Crippen LogP contribution is 2.15. The van der Waals surface area contributed by atoms with Gasteiger partial charge >= 0.3 is 5.97 Å². The molecular weight excluding hydrogens is 206 g/mol. The fraction of sp³-hybridized carbons (Fsp3) is 0.333. The lowest BCUT2D eigenvalue weighted by atomic mass is 10.1. The van der Waals surface area contributed by atoms with E-state index in [-0.39, 0.29) is 12.2 Å². The van der Waals surface area contributed by atoms with Crippen molar-refractivity contribution in [1.29, 1.82) is 0 Å². The molecule has 0 heterocycles. The van der Waals surface area contributed by atoms with Crippen LogP contribution >= 0.6 is 0 Å². The zero-order valence-electron chi connectivity index (χ0n) is 9.43. The minimum Gasteiger partial charge on any atom is -0.481 e. The number of nitrogens with zero attached hydrogens (tertiary/aromatic N) is 1. The van der Waals surface area contributed by atoms with Gasteiger partial charge in [0.15, 0.2) is 5.78 Å². The average Bonchev–Trinajstić information content (AvgIpc) is 2.26. The van der Waals surface area contributed by atoms with Gasteiger partial charge in [-0.1, -0.05) is 12.1 Å². The van der Waals surface area contributed by atoms with Gasteiger partial charge in [0.25, 0.3) is 0 Å². The zero-order chi connectivity index (χ0) is 12.1. The van der Waals surface area contributed by atoms with Gasteiger partial charge in [-0.05, 0) is 19.1 Å². The monoisotopic (exact) mass is 221 g/mol. The highest BCUT2D eigenvalue weighted by atomic mass is 16.4. The second kappa shape index (κ2) is 5.30. The van der Waals surface area contributed by atoms with Crippen LogP contribution in [0.25, 0.3) is 0 Å². The Bertz CT molecular complexity index is 401. The first kappa shape index (κ1) is 12.2. The predicted molar refractivity (Wildman–Crippen MR) is 62.0 cm³/mol. The van der Waals surface area contributed by atoms with E-state index in [9.17, 15) is 9.59 Å². The van der Waals surface area contributed by atoms with Crippen LogP contribution in [0.4, 0.5) is 5.69 Å². The van der Waals surface area contributed by atoms with Crippen molar-refractivity contribution in [2.75, 3.05) is 18.5 Å². The third kappa shape index (κ3) is 3.38. The molecule has 0 radical (unpaired) electrons. The van der Waals surface area contributed by atoms with Crippen molar-refractivity contribution in [1.82, 2.24) is 0 Å². The maximum Gasteiger partial charge on any atom is 0.305 e. The van der Waals surface area contributed by atoms with Crippen LogP contribution in [0.3, 0.4) is 0 Å². The summed E-state index contributed by atoms with van der Waals surface area (Å²) in [7, 11) is 1.81. The van der Waals surface area contributed by atoms with E-state index in [0.717, 1.165) is 5.69 Å². The predicted octanol–water partition coefficient (Wildman–Crippen LogP) is 1.80. The summed E-state index contributed by atoms with van der Waals surface area (Å²) in [5, 5.41) is 8.57. The van der Waals surface area contributed by atoms with Crippen LogP contribution in [0.1, 0.15) is 23.7 Å². The number of benzene rings is 1. The molecule has 0 aromatic heterocycles. The number of carbonyl (C=O) groups is 2. The van der Waals surface area contributed by atoms with Gasteiger partial charge in [-0.3, -0.25) is 9.59 Å². The van der Waals surface area contributed by atoms with E-state index in [2.05, 4.69) is 0 Å². The number of anilines is 1. The molecule has 0 atom stereocenters. The van der Waals surface area contributed by atoms with Crippen LogP contribution in [0.5, 0.6) is 0 Å². The zero-order valence-corrected chi connectivity index (χ0v) is 9.43. The largest absolute Gasteiger partial charge is 0.481 e. The quantitative estimate of drug-likeness (QED) is 0.770. The lowest BCUT2D eigenvalue weighted by molar-refractivity contribution is -0.136. The Labute approximate surface area is 94.5 Å². The summed E-state index contributed by atoms with van der Waals surface area (Å²) in [6.07, 6.45) is 0.0841. The first-order valence-corrected chi connectivity index (χ1v) is 5.04. The molecule has 86 valence electrons. The van der Waals surface area contributed by atoms with Gasteiger partial charge in [-0.2, -0.15) is 0 Å². The van der Waals surface area contributed by atoms with Crippen molar-refractivity contribution < 1.29 is 14.7 Å². The molecule has 0 fully saturated rings. The Kier molecular flexibility index (Phi) is 4.05. The molecule has 0 aliphatic rings. The van der Waals surface area contributed by atoms with E-state index in [0.29, 0.717) is 12.1 Å². The lowest BCUT2D eigenvalue weighted by Gasteiger charge is -2.18. The summed E-state index contributed by atoms with van der Waals surface area (Å²) < 4.78 is 0. The molecule has 1 aromatic rings. The van der Waals surface area contributed by atoms with E-state index in [4.69, 9.17) is 5.11 Å². The van der Waals surface area contributed by atoms with Crippen molar-refractivity contribution in [3.8, 4) is 0 Å². The Morgan fingerprint density at radius 3 is 2.62 bits per heavy atom. The molecule has 0 saturated carbocycles. The highest BCUT2D eigenvalue weighted by molar-refractivity contribution is 5.94. The maximum atomic E-state index is 11.2. The van der Waals surface area contributed by atoms with E-state index < -0.39 is 5.97 Å².